The molecule has 122 valence electrons. The van der Waals surface area contributed by atoms with Crippen LogP contribution in [0.5, 0.6) is 0 Å². The zero-order chi connectivity index (χ0) is 16.5. The first-order chi connectivity index (χ1) is 10.4. The molecule has 0 aliphatic carbocycles. The Kier molecular flexibility index (Phi) is 7.80. The Labute approximate surface area is 130 Å². The average Bonchev–Trinajstić information content (AvgIpc) is 2.44. The van der Waals surface area contributed by atoms with E-state index in [1.807, 2.05) is 0 Å². The standard InChI is InChI=1S/C12H16N2O7S/c15-1-2-22-10-4-8(3-9(5-10)14(19)20)13-11(16)6-21-7-12(17)18/h3-5,14-15,19H,1-2,6-7H2,(H,13,16)(H,17,18). The zero-order valence-corrected chi connectivity index (χ0v) is 12.3. The van der Waals surface area contributed by atoms with Gasteiger partial charge < -0.3 is 25.5 Å². The van der Waals surface area contributed by atoms with Crippen LogP contribution in [-0.2, 0) is 14.3 Å². The number of carbonyl (C=O) groups excluding carboxylic acids is 1. The lowest BCUT2D eigenvalue weighted by Gasteiger charge is -2.15. The molecule has 1 aromatic rings. The number of hydrogen-bond donors (Lipinski definition) is 5. The molecule has 0 aliphatic rings. The van der Waals surface area contributed by atoms with Crippen molar-refractivity contribution in [3.63, 3.8) is 0 Å². The van der Waals surface area contributed by atoms with Gasteiger partial charge in [-0.15, -0.1) is 11.8 Å². The molecule has 0 radical (unpaired) electrons. The summed E-state index contributed by atoms with van der Waals surface area (Å²) in [6.45, 7) is -1.12. The first-order valence-electron chi connectivity index (χ1n) is 6.14. The normalized spacial score (nSPS) is 12.0. The highest BCUT2D eigenvalue weighted by molar-refractivity contribution is 7.99. The molecule has 9 nitrogen and oxygen atoms in total. The predicted octanol–water partition coefficient (Wildman–Crippen LogP) is -0.786. The highest BCUT2D eigenvalue weighted by Gasteiger charge is 2.10. The summed E-state index contributed by atoms with van der Waals surface area (Å²) in [6.07, 6.45) is 0. The number of hydrogen-bond acceptors (Lipinski definition) is 7. The molecule has 1 aromatic carbocycles. The molecule has 1 atom stereocenters. The first-order valence-corrected chi connectivity index (χ1v) is 7.12. The van der Waals surface area contributed by atoms with Crippen molar-refractivity contribution in [2.24, 2.45) is 0 Å². The Morgan fingerprint density at radius 1 is 1.32 bits per heavy atom. The fourth-order valence-corrected chi connectivity index (χ4v) is 2.22. The number of aliphatic hydroxyl groups excluding tert-OH is 1. The van der Waals surface area contributed by atoms with Crippen molar-refractivity contribution in [1.82, 2.24) is 0 Å². The second kappa shape index (κ2) is 9.35. The molecule has 5 N–H and O–H groups in total. The molecule has 0 spiro atoms. The van der Waals surface area contributed by atoms with Crippen LogP contribution in [-0.4, -0.2) is 52.9 Å². The smallest absolute Gasteiger partial charge is 0.329 e. The Morgan fingerprint density at radius 3 is 2.64 bits per heavy atom. The Morgan fingerprint density at radius 2 is 2.05 bits per heavy atom. The number of anilines is 1. The van der Waals surface area contributed by atoms with Crippen LogP contribution in [0.2, 0.25) is 0 Å². The number of aliphatic carboxylic acids is 1. The summed E-state index contributed by atoms with van der Waals surface area (Å²) in [4.78, 5) is 22.4. The van der Waals surface area contributed by atoms with E-state index in [0.717, 1.165) is 0 Å². The number of nitrogens with one attached hydrogen (secondary N) is 2. The van der Waals surface area contributed by atoms with Crippen molar-refractivity contribution in [2.75, 3.05) is 30.9 Å². The molecule has 0 saturated heterocycles. The number of rotatable bonds is 9. The lowest BCUT2D eigenvalue weighted by atomic mass is 10.3. The van der Waals surface area contributed by atoms with Crippen LogP contribution in [0.4, 0.5) is 11.4 Å². The van der Waals surface area contributed by atoms with Crippen LogP contribution in [0, 0.1) is 5.21 Å². The molecule has 0 aliphatic heterocycles. The fourth-order valence-electron chi connectivity index (χ4n) is 1.47. The molecule has 0 heterocycles. The maximum atomic E-state index is 11.6. The molecule has 0 bridgehead atoms. The number of carbonyl (C=O) groups is 2. The minimum absolute atomic E-state index is 0.00954. The molecule has 1 amide bonds. The second-order valence-corrected chi connectivity index (χ2v) is 5.23. The van der Waals surface area contributed by atoms with Crippen molar-refractivity contribution in [3.05, 3.63) is 23.4 Å². The Hall–Kier alpha value is -1.69. The highest BCUT2D eigenvalue weighted by Crippen LogP contribution is 2.25. The van der Waals surface area contributed by atoms with Crippen LogP contribution in [0.1, 0.15) is 0 Å². The number of carboxylic acids is 1. The summed E-state index contributed by atoms with van der Waals surface area (Å²) < 4.78 is 4.64. The number of thioether (sulfide) groups is 1. The van der Waals surface area contributed by atoms with Crippen LogP contribution in [0.25, 0.3) is 0 Å². The third-order valence-corrected chi connectivity index (χ3v) is 3.21. The molecule has 1 rings (SSSR count). The largest absolute Gasteiger partial charge is 0.595 e. The fraction of sp³-hybridized carbons (Fsp3) is 0.333. The topological polar surface area (TPSA) is 144 Å². The van der Waals surface area contributed by atoms with Crippen LogP contribution < -0.4 is 10.5 Å². The van der Waals surface area contributed by atoms with Crippen LogP contribution >= 0.6 is 11.8 Å². The molecule has 1 unspecified atom stereocenters. The Bertz CT molecular complexity index is 524. The number of benzene rings is 1. The van der Waals surface area contributed by atoms with Gasteiger partial charge in [0.1, 0.15) is 13.2 Å². The van der Waals surface area contributed by atoms with Gasteiger partial charge in [-0.25, -0.2) is 10.0 Å². The van der Waals surface area contributed by atoms with Gasteiger partial charge in [-0.2, -0.15) is 5.23 Å². The van der Waals surface area contributed by atoms with Crippen molar-refractivity contribution in [1.29, 1.82) is 0 Å². The average molecular weight is 332 g/mol. The lowest BCUT2D eigenvalue weighted by molar-refractivity contribution is -0.991. The van der Waals surface area contributed by atoms with Crippen LogP contribution in [0.15, 0.2) is 23.1 Å². The summed E-state index contributed by atoms with van der Waals surface area (Å²) in [5.41, 5.74) is 0.244. The minimum Gasteiger partial charge on any atom is -0.595 e. The van der Waals surface area contributed by atoms with Gasteiger partial charge in [0.15, 0.2) is 5.69 Å². The quantitative estimate of drug-likeness (QED) is 0.292. The van der Waals surface area contributed by atoms with Gasteiger partial charge in [0.2, 0.25) is 5.91 Å². The molecular weight excluding hydrogens is 316 g/mol. The van der Waals surface area contributed by atoms with E-state index in [9.17, 15) is 14.8 Å². The van der Waals surface area contributed by atoms with E-state index in [1.165, 1.54) is 23.9 Å². The summed E-state index contributed by atoms with van der Waals surface area (Å²) in [5, 5.41) is 38.5. The van der Waals surface area contributed by atoms with Crippen molar-refractivity contribution in [3.8, 4) is 0 Å². The van der Waals surface area contributed by atoms with Gasteiger partial charge in [-0.05, 0) is 6.07 Å². The predicted molar refractivity (Wildman–Crippen MR) is 77.1 cm³/mol. The van der Waals surface area contributed by atoms with Crippen molar-refractivity contribution < 1.29 is 35.0 Å². The molecule has 0 aromatic heterocycles. The summed E-state index contributed by atoms with van der Waals surface area (Å²) in [5.74, 6) is -1.40. The number of quaternary nitrogens is 1. The van der Waals surface area contributed by atoms with E-state index in [0.29, 0.717) is 10.6 Å². The molecule has 10 heteroatoms. The lowest BCUT2D eigenvalue weighted by Crippen LogP contribution is -2.99. The zero-order valence-electron chi connectivity index (χ0n) is 11.4. The third-order valence-electron chi connectivity index (χ3n) is 2.26. The minimum atomic E-state index is -1.19. The van der Waals surface area contributed by atoms with Gasteiger partial charge in [0, 0.05) is 28.5 Å². The molecule has 0 saturated carbocycles. The summed E-state index contributed by atoms with van der Waals surface area (Å²) >= 11 is 1.24. The monoisotopic (exact) mass is 332 g/mol. The maximum absolute atomic E-state index is 11.6. The van der Waals surface area contributed by atoms with E-state index < -0.39 is 30.3 Å². The van der Waals surface area contributed by atoms with E-state index in [4.69, 9.17) is 15.4 Å². The van der Waals surface area contributed by atoms with Gasteiger partial charge in [0.05, 0.1) is 6.61 Å². The number of ether oxygens (including phenoxy) is 1. The molecule has 22 heavy (non-hydrogen) atoms. The highest BCUT2D eigenvalue weighted by atomic mass is 32.2. The van der Waals surface area contributed by atoms with Gasteiger partial charge >= 0.3 is 5.97 Å². The molecule has 0 fully saturated rings. The van der Waals surface area contributed by atoms with Gasteiger partial charge in [-0.1, -0.05) is 0 Å². The molecular formula is C12H16N2O7S. The van der Waals surface area contributed by atoms with Crippen molar-refractivity contribution >= 4 is 35.0 Å². The van der Waals surface area contributed by atoms with E-state index in [-0.39, 0.29) is 18.0 Å². The van der Waals surface area contributed by atoms with E-state index >= 15 is 0 Å². The first kappa shape index (κ1) is 18.4. The van der Waals surface area contributed by atoms with Gasteiger partial charge in [-0.3, -0.25) is 4.79 Å². The van der Waals surface area contributed by atoms with Crippen LogP contribution in [0.3, 0.4) is 0 Å². The third kappa shape index (κ3) is 6.85. The second-order valence-electron chi connectivity index (χ2n) is 4.06. The maximum Gasteiger partial charge on any atom is 0.329 e. The Balaban J connectivity index is 2.73. The number of carboxylic acid groups (broad SMARTS) is 1. The number of amides is 1. The summed E-state index contributed by atoms with van der Waals surface area (Å²) in [6, 6.07) is 4.27. The number of aliphatic hydroxyl groups is 1. The van der Waals surface area contributed by atoms with E-state index in [1.54, 1.807) is 6.07 Å². The summed E-state index contributed by atoms with van der Waals surface area (Å²) in [7, 11) is 0. The van der Waals surface area contributed by atoms with E-state index in [2.05, 4.69) is 10.1 Å². The SMILES string of the molecule is O=C(O)COCC(=O)Nc1cc(SCCO)cc([NH+]([O-])O)c1. The van der Waals surface area contributed by atoms with Crippen molar-refractivity contribution in [2.45, 2.75) is 4.90 Å². The van der Waals surface area contributed by atoms with Gasteiger partial charge in [0.25, 0.3) is 0 Å².